The average molecular weight is 687 g/mol. The Bertz CT molecular complexity index is 1360. The normalized spacial score (nSPS) is 15.1. The van der Waals surface area contributed by atoms with Gasteiger partial charge >= 0.3 is 6.09 Å². The Kier molecular flexibility index (Phi) is 17.7. The lowest BCUT2D eigenvalue weighted by Gasteiger charge is -2.42. The van der Waals surface area contributed by atoms with Crippen molar-refractivity contribution in [3.8, 4) is 0 Å². The summed E-state index contributed by atoms with van der Waals surface area (Å²) < 4.78 is 13.1. The molecule has 0 saturated carbocycles. The molecule has 1 aliphatic heterocycles. The van der Waals surface area contributed by atoms with Gasteiger partial charge in [0.25, 0.3) is 0 Å². The maximum atomic E-state index is 13.1. The molecule has 2 heterocycles. The second-order valence-corrected chi connectivity index (χ2v) is 13.3. The van der Waals surface area contributed by atoms with Gasteiger partial charge in [-0.2, -0.15) is 0 Å². The smallest absolute Gasteiger partial charge is 0.410 e. The van der Waals surface area contributed by atoms with Gasteiger partial charge in [-0.25, -0.2) is 9.78 Å². The average Bonchev–Trinajstić information content (AvgIpc) is 3.45. The van der Waals surface area contributed by atoms with E-state index in [0.717, 1.165) is 22.4 Å². The molecule has 3 rings (SSSR count). The molecule has 1 aromatic heterocycles. The van der Waals surface area contributed by atoms with Gasteiger partial charge in [-0.05, 0) is 82.5 Å². The molecule has 11 heteroatoms. The summed E-state index contributed by atoms with van der Waals surface area (Å²) >= 11 is 6.60. The van der Waals surface area contributed by atoms with Crippen LogP contribution >= 0.6 is 11.6 Å². The molecule has 1 aromatic carbocycles. The van der Waals surface area contributed by atoms with Crippen molar-refractivity contribution in [2.75, 3.05) is 32.8 Å². The molecule has 2 aromatic rings. The maximum Gasteiger partial charge on any atom is 0.410 e. The summed E-state index contributed by atoms with van der Waals surface area (Å²) in [5.41, 5.74) is 8.52. The third-order valence-electron chi connectivity index (χ3n) is 7.67. The van der Waals surface area contributed by atoms with E-state index in [4.69, 9.17) is 21.1 Å². The van der Waals surface area contributed by atoms with Crippen LogP contribution in [-0.4, -0.2) is 75.8 Å². The lowest BCUT2D eigenvalue weighted by atomic mass is 9.82. The number of hydrogen-bond donors (Lipinski definition) is 2. The van der Waals surface area contributed by atoms with Crippen LogP contribution in [0.25, 0.3) is 5.57 Å². The minimum atomic E-state index is -0.579. The van der Waals surface area contributed by atoms with Gasteiger partial charge in [0.15, 0.2) is 0 Å². The fraction of sp³-hybridized carbons (Fsp3) is 0.541. The van der Waals surface area contributed by atoms with Crippen molar-refractivity contribution in [2.24, 2.45) is 18.7 Å². The highest BCUT2D eigenvalue weighted by Gasteiger charge is 2.34. The van der Waals surface area contributed by atoms with E-state index in [0.29, 0.717) is 36.8 Å². The number of amides is 2. The zero-order valence-corrected chi connectivity index (χ0v) is 31.6. The minimum Gasteiger partial charge on any atom is -0.447 e. The number of nitrogens with one attached hydrogen (secondary N) is 1. The summed E-state index contributed by atoms with van der Waals surface area (Å²) in [5, 5.41) is 3.69. The van der Waals surface area contributed by atoms with E-state index in [2.05, 4.69) is 47.6 Å². The topological polar surface area (TPSA) is 115 Å². The van der Waals surface area contributed by atoms with Crippen LogP contribution in [0.1, 0.15) is 91.2 Å². The Balaban J connectivity index is 0.00000218. The molecule has 1 fully saturated rings. The van der Waals surface area contributed by atoms with Crippen LogP contribution in [0.4, 0.5) is 4.79 Å². The minimum absolute atomic E-state index is 0.0723. The number of nitrogens with two attached hydrogens (primary N) is 1. The number of aryl methyl sites for hydroxylation is 1. The van der Waals surface area contributed by atoms with Crippen LogP contribution in [-0.2, 0) is 21.3 Å². The molecule has 10 nitrogen and oxygen atoms in total. The molecule has 0 bridgehead atoms. The summed E-state index contributed by atoms with van der Waals surface area (Å²) in [6.45, 7) is 31.9. The highest BCUT2D eigenvalue weighted by molar-refractivity contribution is 6.30. The van der Waals surface area contributed by atoms with Gasteiger partial charge in [-0.3, -0.25) is 9.69 Å². The molecule has 0 aliphatic carbocycles. The van der Waals surface area contributed by atoms with Gasteiger partial charge in [0.1, 0.15) is 6.61 Å². The summed E-state index contributed by atoms with van der Waals surface area (Å²) in [4.78, 5) is 34.1. The SMILES string of the molecule is C=C(c1cc(Cl)ccc1C(C(C)C(=C)C)N1CCN(C(=O)OC(C)C)CC1)C(NC(=O)COC(C)(C)C)c1cncn1C.C=CN.CC. The fourth-order valence-corrected chi connectivity index (χ4v) is 5.37. The molecule has 0 radical (unpaired) electrons. The van der Waals surface area contributed by atoms with E-state index in [9.17, 15) is 9.59 Å². The highest BCUT2D eigenvalue weighted by atomic mass is 35.5. The lowest BCUT2D eigenvalue weighted by molar-refractivity contribution is -0.131. The molecule has 48 heavy (non-hydrogen) atoms. The first-order valence-electron chi connectivity index (χ1n) is 16.6. The molecule has 3 N–H and O–H groups in total. The third-order valence-corrected chi connectivity index (χ3v) is 7.91. The van der Waals surface area contributed by atoms with Crippen LogP contribution in [0.5, 0.6) is 0 Å². The van der Waals surface area contributed by atoms with Crippen LogP contribution in [0, 0.1) is 5.92 Å². The number of halogens is 1. The molecule has 1 saturated heterocycles. The van der Waals surface area contributed by atoms with Gasteiger partial charge < -0.3 is 30.0 Å². The van der Waals surface area contributed by atoms with Crippen molar-refractivity contribution >= 4 is 29.2 Å². The van der Waals surface area contributed by atoms with Crippen LogP contribution in [0.2, 0.25) is 5.02 Å². The van der Waals surface area contributed by atoms with Gasteiger partial charge in [0.2, 0.25) is 5.91 Å². The first kappa shape index (κ1) is 42.4. The number of aromatic nitrogens is 2. The molecule has 0 spiro atoms. The Hall–Kier alpha value is -3.60. The standard InChI is InChI=1S/C33H48ClN5O4.C2H5N.C2H6/c1-21(2)23(5)31(38-13-15-39(16-14-38)32(41)43-22(3)4)26-12-11-25(34)17-27(26)24(6)30(28-18-35-20-37(28)10)36-29(40)19-42-33(7,8)9;1-2-3;1-2/h11-12,17-18,20,22-23,30-31H,1,6,13-16,19H2,2-5,7-10H3,(H,36,40);2H,1,3H2;1-2H3. The number of carbonyl (C=O) groups excluding carboxylic acids is 2. The summed E-state index contributed by atoms with van der Waals surface area (Å²) in [7, 11) is 1.88. The van der Waals surface area contributed by atoms with E-state index in [1.807, 2.05) is 85.2 Å². The molecular weight excluding hydrogens is 628 g/mol. The predicted octanol–water partition coefficient (Wildman–Crippen LogP) is 7.29. The number of carbonyl (C=O) groups is 2. The molecule has 1 aliphatic rings. The van der Waals surface area contributed by atoms with E-state index in [1.54, 1.807) is 17.4 Å². The third kappa shape index (κ3) is 12.8. The fourth-order valence-electron chi connectivity index (χ4n) is 5.20. The summed E-state index contributed by atoms with van der Waals surface area (Å²) in [5.74, 6) is -0.186. The number of nitrogens with zero attached hydrogens (tertiary/aromatic N) is 4. The number of benzene rings is 1. The van der Waals surface area contributed by atoms with Gasteiger partial charge in [-0.15, -0.1) is 0 Å². The Morgan fingerprint density at radius 2 is 1.71 bits per heavy atom. The van der Waals surface area contributed by atoms with Crippen LogP contribution in [0.3, 0.4) is 0 Å². The van der Waals surface area contributed by atoms with Gasteiger partial charge in [0, 0.05) is 44.3 Å². The molecule has 3 atom stereocenters. The quantitative estimate of drug-likeness (QED) is 0.239. The second kappa shape index (κ2) is 20.0. The highest BCUT2D eigenvalue weighted by Crippen LogP contribution is 2.41. The molecular formula is C37H59ClN6O4. The van der Waals surface area contributed by atoms with Gasteiger partial charge in [-0.1, -0.05) is 63.7 Å². The van der Waals surface area contributed by atoms with Crippen molar-refractivity contribution in [1.29, 1.82) is 0 Å². The van der Waals surface area contributed by atoms with Crippen molar-refractivity contribution < 1.29 is 19.1 Å². The lowest BCUT2D eigenvalue weighted by Crippen LogP contribution is -2.51. The zero-order valence-electron chi connectivity index (χ0n) is 30.8. The van der Waals surface area contributed by atoms with E-state index >= 15 is 0 Å². The first-order chi connectivity index (χ1) is 22.5. The summed E-state index contributed by atoms with van der Waals surface area (Å²) in [6.07, 6.45) is 4.22. The molecule has 3 unspecified atom stereocenters. The first-order valence-corrected chi connectivity index (χ1v) is 16.9. The van der Waals surface area contributed by atoms with Crippen molar-refractivity contribution in [1.82, 2.24) is 24.7 Å². The van der Waals surface area contributed by atoms with Crippen molar-refractivity contribution in [3.05, 3.63) is 84.1 Å². The van der Waals surface area contributed by atoms with E-state index in [1.165, 1.54) is 6.20 Å². The predicted molar refractivity (Wildman–Crippen MR) is 197 cm³/mol. The Morgan fingerprint density at radius 3 is 2.19 bits per heavy atom. The van der Waals surface area contributed by atoms with Crippen molar-refractivity contribution in [3.63, 3.8) is 0 Å². The van der Waals surface area contributed by atoms with Crippen molar-refractivity contribution in [2.45, 2.75) is 86.1 Å². The summed E-state index contributed by atoms with van der Waals surface area (Å²) in [6, 6.07) is 5.18. The molecule has 268 valence electrons. The number of imidazole rings is 1. The molecule has 2 amide bonds. The monoisotopic (exact) mass is 686 g/mol. The second-order valence-electron chi connectivity index (χ2n) is 12.9. The van der Waals surface area contributed by atoms with Crippen LogP contribution < -0.4 is 11.1 Å². The number of rotatable bonds is 11. The number of piperazine rings is 1. The Labute approximate surface area is 294 Å². The van der Waals surface area contributed by atoms with Gasteiger partial charge in [0.05, 0.1) is 36.0 Å². The Morgan fingerprint density at radius 1 is 1.12 bits per heavy atom. The zero-order chi connectivity index (χ0) is 36.8. The maximum absolute atomic E-state index is 13.1. The number of ether oxygens (including phenoxy) is 2. The van der Waals surface area contributed by atoms with Crippen LogP contribution in [0.15, 0.2) is 62.2 Å². The number of hydrogen-bond acceptors (Lipinski definition) is 7. The van der Waals surface area contributed by atoms with E-state index < -0.39 is 11.6 Å². The van der Waals surface area contributed by atoms with E-state index in [-0.39, 0.29) is 36.7 Å². The largest absolute Gasteiger partial charge is 0.447 e.